The molecule has 0 radical (unpaired) electrons. The largest absolute Gasteiger partial charge is 0.255 e. The molecular formula is C30H56N8+4. The van der Waals surface area contributed by atoms with Gasteiger partial charge in [-0.25, -0.2) is 36.5 Å². The van der Waals surface area contributed by atoms with Crippen molar-refractivity contribution in [2.24, 2.45) is 49.3 Å². The van der Waals surface area contributed by atoms with Gasteiger partial charge in [0.2, 0.25) is 0 Å². The highest BCUT2D eigenvalue weighted by Gasteiger charge is 2.12. The molecule has 0 aliphatic carbocycles. The van der Waals surface area contributed by atoms with Crippen molar-refractivity contribution < 1.29 is 18.3 Å². The SMILES string of the molecule is CCc1c[n+](C)c(C)n1C.CCc1n(C)c(C)c[n+]1C.CCc1n(C)cc[n+]1C.CCn1cc[n+](C)c1C. The molecule has 0 spiro atoms. The van der Waals surface area contributed by atoms with Gasteiger partial charge in [-0.2, -0.15) is 0 Å². The van der Waals surface area contributed by atoms with Gasteiger partial charge in [-0.1, -0.05) is 20.8 Å². The highest BCUT2D eigenvalue weighted by Crippen LogP contribution is 1.99. The highest BCUT2D eigenvalue weighted by atomic mass is 15.1. The van der Waals surface area contributed by atoms with Crippen molar-refractivity contribution in [1.29, 1.82) is 0 Å². The number of nitrogens with zero attached hydrogens (tertiary/aromatic N) is 8. The second-order valence-corrected chi connectivity index (χ2v) is 9.93. The van der Waals surface area contributed by atoms with Crippen LogP contribution in [0.25, 0.3) is 0 Å². The van der Waals surface area contributed by atoms with Gasteiger partial charge in [0.05, 0.1) is 55.9 Å². The lowest BCUT2D eigenvalue weighted by Crippen LogP contribution is -2.31. The van der Waals surface area contributed by atoms with E-state index in [-0.39, 0.29) is 0 Å². The summed E-state index contributed by atoms with van der Waals surface area (Å²) >= 11 is 0. The van der Waals surface area contributed by atoms with Gasteiger partial charge < -0.3 is 0 Å². The zero-order chi connectivity index (χ0) is 29.2. The Morgan fingerprint density at radius 3 is 1.39 bits per heavy atom. The van der Waals surface area contributed by atoms with Gasteiger partial charge in [-0.3, -0.25) is 0 Å². The fourth-order valence-electron chi connectivity index (χ4n) is 4.60. The second-order valence-electron chi connectivity index (χ2n) is 9.93. The third-order valence-corrected chi connectivity index (χ3v) is 7.53. The number of hydrogen-bond acceptors (Lipinski definition) is 0. The van der Waals surface area contributed by atoms with Crippen molar-refractivity contribution in [1.82, 2.24) is 18.3 Å². The number of aromatic nitrogens is 8. The van der Waals surface area contributed by atoms with Crippen molar-refractivity contribution in [3.05, 3.63) is 71.9 Å². The van der Waals surface area contributed by atoms with E-state index in [0.717, 1.165) is 25.8 Å². The molecule has 0 N–H and O–H groups in total. The maximum absolute atomic E-state index is 2.22. The number of imidazole rings is 4. The molecule has 0 bridgehead atoms. The van der Waals surface area contributed by atoms with Gasteiger partial charge in [-0.05, 0) is 6.92 Å². The molecule has 4 heterocycles. The van der Waals surface area contributed by atoms with Crippen LogP contribution in [0.5, 0.6) is 0 Å². The van der Waals surface area contributed by atoms with Gasteiger partial charge in [0.1, 0.15) is 48.6 Å². The average molecular weight is 529 g/mol. The zero-order valence-corrected chi connectivity index (χ0v) is 26.9. The van der Waals surface area contributed by atoms with Gasteiger partial charge in [0.25, 0.3) is 23.3 Å². The van der Waals surface area contributed by atoms with E-state index < -0.39 is 0 Å². The van der Waals surface area contributed by atoms with Crippen molar-refractivity contribution in [3.63, 3.8) is 0 Å². The van der Waals surface area contributed by atoms with Crippen LogP contribution >= 0.6 is 0 Å². The molecule has 8 heteroatoms. The van der Waals surface area contributed by atoms with E-state index in [4.69, 9.17) is 0 Å². The van der Waals surface area contributed by atoms with E-state index >= 15 is 0 Å². The molecule has 212 valence electrons. The van der Waals surface area contributed by atoms with E-state index in [0.29, 0.717) is 0 Å². The quantitative estimate of drug-likeness (QED) is 0.365. The van der Waals surface area contributed by atoms with Crippen LogP contribution in [0.1, 0.15) is 62.4 Å². The summed E-state index contributed by atoms with van der Waals surface area (Å²) < 4.78 is 17.4. The molecule has 4 aromatic rings. The minimum atomic E-state index is 1.06. The van der Waals surface area contributed by atoms with Gasteiger partial charge in [-0.15, -0.1) is 0 Å². The highest BCUT2D eigenvalue weighted by molar-refractivity contribution is 4.96. The summed E-state index contributed by atoms with van der Waals surface area (Å²) in [6.07, 6.45) is 15.9. The molecular weight excluding hydrogens is 472 g/mol. The second kappa shape index (κ2) is 15.3. The summed E-state index contributed by atoms with van der Waals surface area (Å²) in [6.45, 7) is 16.1. The first-order chi connectivity index (χ1) is 17.8. The number of hydrogen-bond donors (Lipinski definition) is 0. The van der Waals surface area contributed by atoms with E-state index in [1.165, 1.54) is 34.7 Å². The normalized spacial score (nSPS) is 10.3. The monoisotopic (exact) mass is 528 g/mol. The molecule has 0 aliphatic heterocycles. The fraction of sp³-hybridized carbons (Fsp3) is 0.600. The molecule has 4 aromatic heterocycles. The minimum absolute atomic E-state index is 1.06. The summed E-state index contributed by atoms with van der Waals surface area (Å²) in [7, 11) is 14.6. The van der Waals surface area contributed by atoms with Gasteiger partial charge in [0.15, 0.2) is 0 Å². The van der Waals surface area contributed by atoms with Crippen molar-refractivity contribution >= 4 is 0 Å². The first kappa shape index (κ1) is 32.9. The Bertz CT molecular complexity index is 1250. The lowest BCUT2D eigenvalue weighted by Gasteiger charge is -1.91. The Balaban J connectivity index is 0.000000254. The summed E-state index contributed by atoms with van der Waals surface area (Å²) in [5, 5.41) is 0. The molecule has 0 amide bonds. The van der Waals surface area contributed by atoms with Crippen LogP contribution in [0.3, 0.4) is 0 Å². The summed E-state index contributed by atoms with van der Waals surface area (Å²) in [5.41, 5.74) is 2.71. The lowest BCUT2D eigenvalue weighted by molar-refractivity contribution is -0.678. The molecule has 38 heavy (non-hydrogen) atoms. The number of rotatable bonds is 4. The lowest BCUT2D eigenvalue weighted by atomic mass is 10.4. The molecule has 0 unspecified atom stereocenters. The predicted octanol–water partition coefficient (Wildman–Crippen LogP) is 2.49. The average Bonchev–Trinajstić information content (AvgIpc) is 3.56. The Kier molecular flexibility index (Phi) is 13.2. The summed E-state index contributed by atoms with van der Waals surface area (Å²) in [6, 6.07) is 0. The van der Waals surface area contributed by atoms with Crippen LogP contribution in [-0.4, -0.2) is 18.3 Å². The number of aryl methyl sites for hydroxylation is 8. The van der Waals surface area contributed by atoms with E-state index in [1.807, 2.05) is 0 Å². The third-order valence-electron chi connectivity index (χ3n) is 7.53. The summed E-state index contributed by atoms with van der Waals surface area (Å²) in [5.74, 6) is 5.34. The minimum Gasteiger partial charge on any atom is -0.237 e. The van der Waals surface area contributed by atoms with Crippen molar-refractivity contribution in [2.45, 2.75) is 74.3 Å². The van der Waals surface area contributed by atoms with Crippen LogP contribution in [0.15, 0.2) is 37.2 Å². The maximum Gasteiger partial charge on any atom is 0.255 e. The van der Waals surface area contributed by atoms with Crippen molar-refractivity contribution in [3.8, 4) is 0 Å². The molecule has 0 aliphatic rings. The fourth-order valence-corrected chi connectivity index (χ4v) is 4.60. The molecule has 0 saturated heterocycles. The predicted molar refractivity (Wildman–Crippen MR) is 153 cm³/mol. The van der Waals surface area contributed by atoms with Gasteiger partial charge >= 0.3 is 0 Å². The maximum atomic E-state index is 2.22. The molecule has 0 saturated carbocycles. The zero-order valence-electron chi connectivity index (χ0n) is 26.9. The Hall–Kier alpha value is -3.16. The van der Waals surface area contributed by atoms with E-state index in [2.05, 4.69) is 172 Å². The molecule has 4 rings (SSSR count). The first-order valence-electron chi connectivity index (χ1n) is 13.9. The Morgan fingerprint density at radius 1 is 0.605 bits per heavy atom. The standard InChI is InChI=1S/2C8H15N2.2C7H13N2/c1-5-8-6-9(3)7(2)10(8)4;1-5-8-9(3)6-7(2)10(8)4;1-4-7-8(2)5-6-9(7)3;1-4-9-6-5-8(3)7(9)2/h2*6H,5H2,1-4H3;2*5-6H,4H2,1-3H3/q4*+1. The van der Waals surface area contributed by atoms with E-state index in [9.17, 15) is 0 Å². The smallest absolute Gasteiger partial charge is 0.237 e. The molecule has 0 atom stereocenters. The molecule has 0 fully saturated rings. The third kappa shape index (κ3) is 8.43. The van der Waals surface area contributed by atoms with Gasteiger partial charge in [0, 0.05) is 40.0 Å². The summed E-state index contributed by atoms with van der Waals surface area (Å²) in [4.78, 5) is 0. The van der Waals surface area contributed by atoms with Crippen molar-refractivity contribution in [2.75, 3.05) is 0 Å². The van der Waals surface area contributed by atoms with Crippen LogP contribution in [0, 0.1) is 20.8 Å². The van der Waals surface area contributed by atoms with Crippen LogP contribution < -0.4 is 18.3 Å². The Labute approximate surface area is 232 Å². The van der Waals surface area contributed by atoms with Crippen LogP contribution in [0.4, 0.5) is 0 Å². The Morgan fingerprint density at radius 2 is 1.18 bits per heavy atom. The van der Waals surface area contributed by atoms with E-state index in [1.54, 1.807) is 0 Å². The topological polar surface area (TPSA) is 35.2 Å². The van der Waals surface area contributed by atoms with Crippen LogP contribution in [-0.2, 0) is 75.1 Å². The molecule has 0 aromatic carbocycles. The molecule has 8 nitrogen and oxygen atoms in total. The van der Waals surface area contributed by atoms with Crippen LogP contribution in [0.2, 0.25) is 0 Å². The first-order valence-corrected chi connectivity index (χ1v) is 13.9.